The third kappa shape index (κ3) is 13.4. The minimum absolute atomic E-state index is 0.165. The van der Waals surface area contributed by atoms with Crippen molar-refractivity contribution in [2.24, 2.45) is 29.6 Å². The average molecular weight is 1090 g/mol. The zero-order chi connectivity index (χ0) is 55.0. The quantitative estimate of drug-likeness (QED) is 0.106. The number of ether oxygens (including phenoxy) is 2. The minimum Gasteiger partial charge on any atom is -0.453 e. The molecule has 0 aromatic heterocycles. The summed E-state index contributed by atoms with van der Waals surface area (Å²) in [6, 6.07) is 33.7. The molecular weight excluding hydrogens is 997 g/mol. The van der Waals surface area contributed by atoms with Gasteiger partial charge in [0.15, 0.2) is 0 Å². The van der Waals surface area contributed by atoms with Crippen molar-refractivity contribution in [1.29, 1.82) is 0 Å². The van der Waals surface area contributed by atoms with E-state index in [-0.39, 0.29) is 36.1 Å². The predicted molar refractivity (Wildman–Crippen MR) is 319 cm³/mol. The van der Waals surface area contributed by atoms with Crippen molar-refractivity contribution in [1.82, 2.24) is 29.4 Å². The maximum absolute atomic E-state index is 13.2. The lowest BCUT2D eigenvalue weighted by Gasteiger charge is -2.40. The van der Waals surface area contributed by atoms with Gasteiger partial charge in [0.05, 0.1) is 14.2 Å². The number of likely N-dealkylation sites (tertiary alicyclic amines) is 4. The molecule has 4 aromatic rings. The highest BCUT2D eigenvalue weighted by molar-refractivity contribution is 5.98. The van der Waals surface area contributed by atoms with Gasteiger partial charge in [-0.25, -0.2) is 9.59 Å². The van der Waals surface area contributed by atoms with Crippen molar-refractivity contribution in [2.45, 2.75) is 158 Å². The molecule has 3 saturated carbocycles. The first kappa shape index (κ1) is 57.3. The molecular formula is C68H96N6O6. The Balaban J connectivity index is 0.790. The van der Waals surface area contributed by atoms with Crippen LogP contribution in [-0.4, -0.2) is 163 Å². The number of fused-ring (bicyclic) bond motifs is 1. The molecule has 2 N–H and O–H groups in total. The van der Waals surface area contributed by atoms with Gasteiger partial charge in [0.1, 0.15) is 12.5 Å². The second kappa shape index (κ2) is 27.2. The first-order chi connectivity index (χ1) is 39.2. The number of rotatable bonds is 17. The Morgan fingerprint density at radius 2 is 1.01 bits per heavy atom. The first-order valence-electron chi connectivity index (χ1n) is 31.9. The van der Waals surface area contributed by atoms with Crippen molar-refractivity contribution in [3.05, 3.63) is 108 Å². The van der Waals surface area contributed by atoms with Gasteiger partial charge in [0.2, 0.25) is 0 Å². The van der Waals surface area contributed by atoms with E-state index in [0.29, 0.717) is 29.6 Å². The lowest BCUT2D eigenvalue weighted by Crippen LogP contribution is -2.50. The summed E-state index contributed by atoms with van der Waals surface area (Å²) >= 11 is 0. The molecule has 80 heavy (non-hydrogen) atoms. The van der Waals surface area contributed by atoms with Crippen LogP contribution >= 0.6 is 0 Å². The summed E-state index contributed by atoms with van der Waals surface area (Å²) in [5, 5.41) is 26.9. The lowest BCUT2D eigenvalue weighted by molar-refractivity contribution is -0.0409. The Bertz CT molecular complexity index is 2600. The van der Waals surface area contributed by atoms with Crippen molar-refractivity contribution in [2.75, 3.05) is 92.8 Å². The van der Waals surface area contributed by atoms with E-state index >= 15 is 0 Å². The first-order valence-corrected chi connectivity index (χ1v) is 31.9. The highest BCUT2D eigenvalue weighted by Crippen LogP contribution is 2.43. The molecule has 4 aromatic carbocycles. The number of nitrogens with zero attached hydrogens (tertiary/aromatic N) is 6. The van der Waals surface area contributed by atoms with Crippen molar-refractivity contribution >= 4 is 23.0 Å². The monoisotopic (exact) mass is 1090 g/mol. The Hall–Kier alpha value is -4.56. The third-order valence-corrected chi connectivity index (χ3v) is 21.0. The van der Waals surface area contributed by atoms with Gasteiger partial charge in [0.25, 0.3) is 0 Å². The number of carbonyl (C=O) groups excluding carboxylic acids is 2. The highest BCUT2D eigenvalue weighted by Gasteiger charge is 2.43. The summed E-state index contributed by atoms with van der Waals surface area (Å²) < 4.78 is 10.7. The van der Waals surface area contributed by atoms with Crippen LogP contribution in [0.3, 0.4) is 0 Å². The van der Waals surface area contributed by atoms with E-state index in [0.717, 1.165) is 133 Å². The van der Waals surface area contributed by atoms with Crippen LogP contribution in [-0.2, 0) is 9.47 Å². The zero-order valence-corrected chi connectivity index (χ0v) is 48.6. The van der Waals surface area contributed by atoms with Gasteiger partial charge < -0.3 is 39.3 Å². The van der Waals surface area contributed by atoms with E-state index in [1.807, 2.05) is 0 Å². The smallest absolute Gasteiger partial charge is 0.409 e. The molecule has 4 aliphatic heterocycles. The molecule has 0 bridgehead atoms. The normalized spacial score (nSPS) is 25.9. The van der Waals surface area contributed by atoms with Crippen LogP contribution in [0, 0.1) is 29.6 Å². The van der Waals surface area contributed by atoms with E-state index in [9.17, 15) is 19.8 Å². The fourth-order valence-electron chi connectivity index (χ4n) is 16.5. The molecule has 0 radical (unpaired) electrons. The molecule has 11 rings (SSSR count). The maximum Gasteiger partial charge on any atom is 0.409 e. The Labute approximate surface area is 479 Å². The summed E-state index contributed by atoms with van der Waals surface area (Å²) in [5.74, 6) is 2.74. The molecule has 434 valence electrons. The van der Waals surface area contributed by atoms with E-state index in [1.165, 1.54) is 120 Å². The molecule has 4 heterocycles. The molecule has 12 heteroatoms. The molecule has 12 nitrogen and oxygen atoms in total. The second-order valence-electron chi connectivity index (χ2n) is 25.9. The number of aliphatic hydroxyl groups excluding tert-OH is 2. The largest absolute Gasteiger partial charge is 0.453 e. The van der Waals surface area contributed by atoms with Crippen LogP contribution in [0.25, 0.3) is 21.9 Å². The Morgan fingerprint density at radius 3 is 1.57 bits per heavy atom. The SMILES string of the molecule is COC(=O)N(CC1CCCCC1)C1CCN(C[C@H]2CN(C(O)c3ccc(-c4cccc([C@H]5CN(C(O)C6CCCCC6)C[C@@H]5CN5CCC(N(CC6CCCCC6)C(=O)OC)CC5)c4)c4ccccc34)C[C@@H]2c2ccccc2)CC1. The number of amides is 2. The second-order valence-corrected chi connectivity index (χ2v) is 25.9. The van der Waals surface area contributed by atoms with Gasteiger partial charge in [-0.3, -0.25) is 9.80 Å². The van der Waals surface area contributed by atoms with Crippen LogP contribution in [0.1, 0.15) is 157 Å². The maximum atomic E-state index is 13.2. The third-order valence-electron chi connectivity index (χ3n) is 21.0. The van der Waals surface area contributed by atoms with Crippen LogP contribution in [0.15, 0.2) is 91.0 Å². The Kier molecular flexibility index (Phi) is 19.5. The summed E-state index contributed by atoms with van der Waals surface area (Å²) in [6.45, 7) is 10.7. The number of hydrogen-bond donors (Lipinski definition) is 2. The van der Waals surface area contributed by atoms with Gasteiger partial charge >= 0.3 is 12.2 Å². The highest BCUT2D eigenvalue weighted by atomic mass is 16.5. The van der Waals surface area contributed by atoms with Crippen molar-refractivity contribution in [3.63, 3.8) is 0 Å². The summed E-state index contributed by atoms with van der Waals surface area (Å²) in [7, 11) is 3.07. The zero-order valence-electron chi connectivity index (χ0n) is 48.6. The molecule has 3 aliphatic carbocycles. The van der Waals surface area contributed by atoms with Gasteiger partial charge in [-0.05, 0) is 127 Å². The van der Waals surface area contributed by atoms with Crippen LogP contribution in [0.2, 0.25) is 0 Å². The average Bonchev–Trinajstić information content (AvgIpc) is 4.15. The number of hydrogen-bond acceptors (Lipinski definition) is 10. The van der Waals surface area contributed by atoms with Gasteiger partial charge in [-0.2, -0.15) is 0 Å². The molecule has 4 saturated heterocycles. The molecule has 0 spiro atoms. The van der Waals surface area contributed by atoms with E-state index in [1.54, 1.807) is 0 Å². The number of carbonyl (C=O) groups is 2. The number of benzene rings is 4. The molecule has 7 aliphatic rings. The van der Waals surface area contributed by atoms with Gasteiger partial charge in [0, 0.05) is 108 Å². The van der Waals surface area contributed by atoms with Crippen LogP contribution in [0.5, 0.6) is 0 Å². The standard InChI is InChI=1S/C68H96N6O6/c1-79-67(77)73(41-49-18-7-3-8-19-49)57-32-36-69(37-33-57)43-55-46-72(47-63(55)51-22-11-5-12-23-51)66(76)62-31-30-59(60-28-15-16-29-61(60)62)53-26-17-27-54(40-53)64-48-71(65(75)52-24-13-6-14-25-52)45-56(64)44-70-38-34-58(35-39-70)74(68(78)80-2)42-50-20-9-4-10-21-50/h5,11-12,15-17,22-23,26-31,40,49-50,52,55-58,63-66,75-76H,3-4,6-10,13-14,18-21,24-25,32-39,41-48H2,1-2H3/t55-,56-,63+,64+,65?,66?/m0/s1. The fourth-order valence-corrected chi connectivity index (χ4v) is 16.5. The van der Waals surface area contributed by atoms with Crippen LogP contribution < -0.4 is 0 Å². The van der Waals surface area contributed by atoms with Crippen LogP contribution in [0.4, 0.5) is 9.59 Å². The van der Waals surface area contributed by atoms with Crippen molar-refractivity contribution in [3.8, 4) is 11.1 Å². The molecule has 2 amide bonds. The van der Waals surface area contributed by atoms with E-state index < -0.39 is 12.5 Å². The number of methoxy groups -OCH3 is 2. The lowest BCUT2D eigenvalue weighted by atomic mass is 9.85. The van der Waals surface area contributed by atoms with E-state index in [2.05, 4.69) is 120 Å². The number of piperidine rings is 2. The number of aliphatic hydroxyl groups is 2. The Morgan fingerprint density at radius 1 is 0.525 bits per heavy atom. The predicted octanol–water partition coefficient (Wildman–Crippen LogP) is 12.4. The van der Waals surface area contributed by atoms with Gasteiger partial charge in [-0.15, -0.1) is 0 Å². The van der Waals surface area contributed by atoms with Crippen molar-refractivity contribution < 1.29 is 29.3 Å². The van der Waals surface area contributed by atoms with Gasteiger partial charge in [-0.1, -0.05) is 149 Å². The molecule has 2 unspecified atom stereocenters. The summed E-state index contributed by atoms with van der Waals surface area (Å²) in [6.07, 6.45) is 20.8. The summed E-state index contributed by atoms with van der Waals surface area (Å²) in [4.78, 5) is 40.5. The minimum atomic E-state index is -0.762. The fraction of sp³-hybridized carbons (Fsp3) is 0.647. The molecule has 6 atom stereocenters. The molecule has 7 fully saturated rings. The topological polar surface area (TPSA) is 112 Å². The summed E-state index contributed by atoms with van der Waals surface area (Å²) in [5.41, 5.74) is 5.97. The van der Waals surface area contributed by atoms with E-state index in [4.69, 9.17) is 9.47 Å².